The molecule has 0 spiro atoms. The normalized spacial score (nSPS) is 14.4. The third-order valence-electron chi connectivity index (χ3n) is 5.58. The third kappa shape index (κ3) is 5.44. The lowest BCUT2D eigenvalue weighted by Crippen LogP contribution is -2.68. The molecule has 0 bridgehead atoms. The average molecular weight is 413 g/mol. The molecule has 3 nitrogen and oxygen atoms in total. The maximum Gasteiger partial charge on any atom is 0.261 e. The van der Waals surface area contributed by atoms with E-state index in [1.54, 1.807) is 0 Å². The summed E-state index contributed by atoms with van der Waals surface area (Å²) in [6.45, 7) is 10.5. The van der Waals surface area contributed by atoms with Crippen LogP contribution in [0.4, 0.5) is 0 Å². The molecule has 0 saturated heterocycles. The van der Waals surface area contributed by atoms with Crippen LogP contribution in [0, 0.1) is 0 Å². The molecule has 0 amide bonds. The minimum absolute atomic E-state index is 0.121. The molecule has 2 aromatic carbocycles. The van der Waals surface area contributed by atoms with Crippen LogP contribution >= 0.6 is 0 Å². The zero-order valence-corrected chi connectivity index (χ0v) is 19.5. The first-order chi connectivity index (χ1) is 13.7. The van der Waals surface area contributed by atoms with Crippen molar-refractivity contribution in [2.75, 3.05) is 0 Å². The van der Waals surface area contributed by atoms with E-state index in [9.17, 15) is 9.90 Å². The zero-order chi connectivity index (χ0) is 21.5. The number of benzene rings is 2. The number of aliphatic hydroxyl groups excluding tert-OH is 1. The highest BCUT2D eigenvalue weighted by Crippen LogP contribution is 2.37. The molecule has 0 aliphatic heterocycles. The van der Waals surface area contributed by atoms with Crippen LogP contribution in [0.15, 0.2) is 60.7 Å². The fraction of sp³-hybridized carbons (Fsp3) is 0.480. The average Bonchev–Trinajstić information content (AvgIpc) is 2.71. The summed E-state index contributed by atoms with van der Waals surface area (Å²) in [5, 5.41) is 12.9. The molecule has 0 saturated carbocycles. The molecule has 0 radical (unpaired) electrons. The van der Waals surface area contributed by atoms with E-state index in [1.807, 2.05) is 43.3 Å². The van der Waals surface area contributed by atoms with E-state index < -0.39 is 20.5 Å². The predicted molar refractivity (Wildman–Crippen MR) is 123 cm³/mol. The number of ketones is 1. The lowest BCUT2D eigenvalue weighted by atomic mass is 10.0. The van der Waals surface area contributed by atoms with Gasteiger partial charge in [0, 0.05) is 6.42 Å². The molecule has 1 N–H and O–H groups in total. The molecule has 0 heterocycles. The van der Waals surface area contributed by atoms with Crippen molar-refractivity contribution in [3.63, 3.8) is 0 Å². The lowest BCUT2D eigenvalue weighted by molar-refractivity contribution is -0.131. The Morgan fingerprint density at radius 3 is 1.86 bits per heavy atom. The number of unbranched alkanes of at least 4 members (excludes halogenated alkanes) is 2. The highest BCUT2D eigenvalue weighted by atomic mass is 28.4. The number of carbonyl (C=O) groups is 1. The highest BCUT2D eigenvalue weighted by Gasteiger charge is 2.51. The fourth-order valence-electron chi connectivity index (χ4n) is 3.99. The summed E-state index contributed by atoms with van der Waals surface area (Å²) in [6, 6.07) is 20.6. The van der Waals surface area contributed by atoms with Crippen molar-refractivity contribution in [2.24, 2.45) is 0 Å². The first kappa shape index (κ1) is 23.5. The maximum atomic E-state index is 12.6. The van der Waals surface area contributed by atoms with E-state index >= 15 is 0 Å². The summed E-state index contributed by atoms with van der Waals surface area (Å²) in [6.07, 6.45) is 1.60. The van der Waals surface area contributed by atoms with Crippen LogP contribution in [0.3, 0.4) is 0 Å². The van der Waals surface area contributed by atoms with Crippen molar-refractivity contribution in [3.8, 4) is 0 Å². The standard InChI is InChI=1S/C25H36O3Si/c1-6-7-10-19-23(26)24(27)20(2)28-29(25(3,4)5,21-15-11-8-12-16-21)22-17-13-9-14-18-22/h8-9,11-18,20,24,27H,6-7,10,19H2,1-5H3/t20-,24-/m0/s1. The van der Waals surface area contributed by atoms with Crippen LogP contribution < -0.4 is 10.4 Å². The maximum absolute atomic E-state index is 12.6. The van der Waals surface area contributed by atoms with Crippen molar-refractivity contribution in [3.05, 3.63) is 60.7 Å². The highest BCUT2D eigenvalue weighted by molar-refractivity contribution is 6.99. The quantitative estimate of drug-likeness (QED) is 0.463. The Kier molecular flexibility index (Phi) is 8.38. The molecule has 0 aliphatic carbocycles. The number of Topliss-reactive ketones (excluding diaryl/α,β-unsaturated/α-hetero) is 1. The third-order valence-corrected chi connectivity index (χ3v) is 10.7. The second-order valence-corrected chi connectivity index (χ2v) is 13.1. The van der Waals surface area contributed by atoms with Crippen LogP contribution in [0.1, 0.15) is 60.3 Å². The minimum Gasteiger partial charge on any atom is -0.402 e. The molecule has 158 valence electrons. The summed E-state index contributed by atoms with van der Waals surface area (Å²) < 4.78 is 6.83. The molecule has 0 aliphatic rings. The lowest BCUT2D eigenvalue weighted by Gasteiger charge is -2.45. The van der Waals surface area contributed by atoms with Crippen molar-refractivity contribution >= 4 is 24.5 Å². The first-order valence-electron chi connectivity index (χ1n) is 10.7. The summed E-state index contributed by atoms with van der Waals surface area (Å²) in [7, 11) is -2.77. The van der Waals surface area contributed by atoms with E-state index in [4.69, 9.17) is 4.43 Å². The van der Waals surface area contributed by atoms with Crippen LogP contribution in [0.5, 0.6) is 0 Å². The van der Waals surface area contributed by atoms with Crippen molar-refractivity contribution in [2.45, 2.75) is 77.5 Å². The Bertz CT molecular complexity index is 713. The summed E-state index contributed by atoms with van der Waals surface area (Å²) in [5.41, 5.74) is 0. The van der Waals surface area contributed by atoms with Gasteiger partial charge in [-0.2, -0.15) is 0 Å². The fourth-order valence-corrected chi connectivity index (χ4v) is 8.69. The van der Waals surface area contributed by atoms with Crippen LogP contribution in [-0.2, 0) is 9.22 Å². The van der Waals surface area contributed by atoms with Crippen LogP contribution in [-0.4, -0.2) is 31.4 Å². The zero-order valence-electron chi connectivity index (χ0n) is 18.5. The Morgan fingerprint density at radius 2 is 1.45 bits per heavy atom. The predicted octanol–water partition coefficient (Wildman–Crippen LogP) is 4.46. The molecule has 29 heavy (non-hydrogen) atoms. The van der Waals surface area contributed by atoms with Gasteiger partial charge in [0.05, 0.1) is 6.10 Å². The molecule has 0 aromatic heterocycles. The topological polar surface area (TPSA) is 46.5 Å². The Labute approximate surface area is 177 Å². The number of hydrogen-bond acceptors (Lipinski definition) is 3. The van der Waals surface area contributed by atoms with E-state index in [0.29, 0.717) is 6.42 Å². The molecule has 2 atom stereocenters. The van der Waals surface area contributed by atoms with Crippen molar-refractivity contribution < 1.29 is 14.3 Å². The van der Waals surface area contributed by atoms with Gasteiger partial charge in [-0.25, -0.2) is 0 Å². The van der Waals surface area contributed by atoms with E-state index in [2.05, 4.69) is 52.0 Å². The van der Waals surface area contributed by atoms with Gasteiger partial charge in [-0.1, -0.05) is 101 Å². The molecule has 2 rings (SSSR count). The Morgan fingerprint density at radius 1 is 0.966 bits per heavy atom. The van der Waals surface area contributed by atoms with E-state index in [0.717, 1.165) is 29.6 Å². The SMILES string of the molecule is CCCCCC(=O)[C@@H](O)[C@H](C)O[Si](c1ccccc1)(c1ccccc1)C(C)(C)C. The summed E-state index contributed by atoms with van der Waals surface area (Å²) in [5.74, 6) is -0.121. The van der Waals surface area contributed by atoms with E-state index in [1.165, 1.54) is 0 Å². The molecule has 0 fully saturated rings. The van der Waals surface area contributed by atoms with Gasteiger partial charge in [0.1, 0.15) is 6.10 Å². The van der Waals surface area contributed by atoms with Gasteiger partial charge in [-0.3, -0.25) is 4.79 Å². The monoisotopic (exact) mass is 412 g/mol. The molecular formula is C25H36O3Si. The number of hydrogen-bond donors (Lipinski definition) is 1. The van der Waals surface area contributed by atoms with Gasteiger partial charge in [-0.05, 0) is 28.8 Å². The largest absolute Gasteiger partial charge is 0.402 e. The van der Waals surface area contributed by atoms with Gasteiger partial charge < -0.3 is 9.53 Å². The van der Waals surface area contributed by atoms with Gasteiger partial charge in [0.25, 0.3) is 8.32 Å². The second kappa shape index (κ2) is 10.3. The summed E-state index contributed by atoms with van der Waals surface area (Å²) in [4.78, 5) is 12.6. The molecule has 0 unspecified atom stereocenters. The smallest absolute Gasteiger partial charge is 0.261 e. The van der Waals surface area contributed by atoms with E-state index in [-0.39, 0.29) is 10.8 Å². The molecule has 4 heteroatoms. The van der Waals surface area contributed by atoms with Gasteiger partial charge in [0.2, 0.25) is 0 Å². The van der Waals surface area contributed by atoms with Crippen LogP contribution in [0.25, 0.3) is 0 Å². The Hall–Kier alpha value is -1.75. The van der Waals surface area contributed by atoms with Gasteiger partial charge in [-0.15, -0.1) is 0 Å². The van der Waals surface area contributed by atoms with Crippen molar-refractivity contribution in [1.29, 1.82) is 0 Å². The molecule has 2 aromatic rings. The van der Waals surface area contributed by atoms with Gasteiger partial charge >= 0.3 is 0 Å². The number of rotatable bonds is 10. The summed E-state index contributed by atoms with van der Waals surface area (Å²) >= 11 is 0. The van der Waals surface area contributed by atoms with Gasteiger partial charge in [0.15, 0.2) is 5.78 Å². The first-order valence-corrected chi connectivity index (χ1v) is 12.6. The van der Waals surface area contributed by atoms with Crippen LogP contribution in [0.2, 0.25) is 5.04 Å². The van der Waals surface area contributed by atoms with Crippen molar-refractivity contribution in [1.82, 2.24) is 0 Å². The minimum atomic E-state index is -2.77. The Balaban J connectivity index is 2.44. The second-order valence-electron chi connectivity index (χ2n) is 8.85. The number of aliphatic hydroxyl groups is 1. The molecular weight excluding hydrogens is 376 g/mol. The number of carbonyl (C=O) groups excluding carboxylic acids is 1.